The molecule has 0 spiro atoms. The van der Waals surface area contributed by atoms with E-state index in [1.165, 1.54) is 6.08 Å². The van der Waals surface area contributed by atoms with Crippen LogP contribution in [-0.4, -0.2) is 25.0 Å². The first-order valence-electron chi connectivity index (χ1n) is 10.4. The fourth-order valence-electron chi connectivity index (χ4n) is 2.90. The number of nitriles is 1. The van der Waals surface area contributed by atoms with Crippen molar-refractivity contribution in [1.29, 1.82) is 5.26 Å². The molecule has 3 aromatic rings. The Kier molecular flexibility index (Phi) is 8.83. The highest BCUT2D eigenvalue weighted by Crippen LogP contribution is 2.27. The lowest BCUT2D eigenvalue weighted by Gasteiger charge is -2.10. The van der Waals surface area contributed by atoms with Crippen LogP contribution in [-0.2, 0) is 9.59 Å². The van der Waals surface area contributed by atoms with Gasteiger partial charge in [0.25, 0.3) is 11.8 Å². The number of ether oxygens (including phenoxy) is 2. The topological polar surface area (TPSA) is 100 Å². The number of carbonyl (C=O) groups is 2. The molecule has 0 aliphatic heterocycles. The van der Waals surface area contributed by atoms with Gasteiger partial charge in [-0.05, 0) is 83.0 Å². The van der Waals surface area contributed by atoms with E-state index < -0.39 is 5.91 Å². The van der Waals surface area contributed by atoms with E-state index in [0.717, 1.165) is 0 Å². The Hall–Kier alpha value is -4.09. The summed E-state index contributed by atoms with van der Waals surface area (Å²) in [6.07, 6.45) is 1.47. The molecule has 0 radical (unpaired) electrons. The molecule has 3 rings (SSSR count). The van der Waals surface area contributed by atoms with E-state index >= 15 is 0 Å². The Morgan fingerprint density at radius 3 is 2.32 bits per heavy atom. The van der Waals surface area contributed by atoms with Gasteiger partial charge in [-0.25, -0.2) is 0 Å². The average Bonchev–Trinajstić information content (AvgIpc) is 2.84. The zero-order chi connectivity index (χ0) is 24.3. The number of para-hydroxylation sites is 1. The Bertz CT molecular complexity index is 1220. The minimum Gasteiger partial charge on any atom is -0.494 e. The van der Waals surface area contributed by atoms with Crippen molar-refractivity contribution in [2.45, 2.75) is 6.92 Å². The van der Waals surface area contributed by atoms with Gasteiger partial charge in [0.2, 0.25) is 0 Å². The predicted octanol–water partition coefficient (Wildman–Crippen LogP) is 5.41. The summed E-state index contributed by atoms with van der Waals surface area (Å²) >= 11 is 3.40. The van der Waals surface area contributed by atoms with Crippen LogP contribution in [0.15, 0.2) is 82.8 Å². The van der Waals surface area contributed by atoms with Gasteiger partial charge in [-0.3, -0.25) is 9.59 Å². The molecule has 0 aromatic heterocycles. The summed E-state index contributed by atoms with van der Waals surface area (Å²) < 4.78 is 11.5. The number of nitrogens with one attached hydrogen (secondary N) is 2. The Labute approximate surface area is 206 Å². The normalized spacial score (nSPS) is 10.7. The van der Waals surface area contributed by atoms with Crippen molar-refractivity contribution in [3.05, 3.63) is 88.4 Å². The Morgan fingerprint density at radius 1 is 0.971 bits per heavy atom. The molecule has 0 bridgehead atoms. The zero-order valence-corrected chi connectivity index (χ0v) is 20.0. The van der Waals surface area contributed by atoms with Crippen LogP contribution in [0, 0.1) is 11.3 Å². The molecule has 2 N–H and O–H groups in total. The number of hydrogen-bond acceptors (Lipinski definition) is 5. The molecule has 0 aliphatic rings. The first-order chi connectivity index (χ1) is 16.5. The fourth-order valence-corrected chi connectivity index (χ4v) is 3.41. The Morgan fingerprint density at radius 2 is 1.68 bits per heavy atom. The van der Waals surface area contributed by atoms with Gasteiger partial charge in [-0.2, -0.15) is 5.26 Å². The van der Waals surface area contributed by atoms with Gasteiger partial charge in [0.1, 0.15) is 23.1 Å². The predicted molar refractivity (Wildman–Crippen MR) is 135 cm³/mol. The molecular weight excluding hydrogens is 498 g/mol. The van der Waals surface area contributed by atoms with E-state index in [-0.39, 0.29) is 18.1 Å². The summed E-state index contributed by atoms with van der Waals surface area (Å²) in [5.74, 6) is 0.333. The minimum atomic E-state index is -0.527. The molecule has 0 fully saturated rings. The van der Waals surface area contributed by atoms with Crippen molar-refractivity contribution in [3.8, 4) is 17.6 Å². The number of carbonyl (C=O) groups excluding carboxylic acids is 2. The highest BCUT2D eigenvalue weighted by Gasteiger charge is 2.11. The maximum Gasteiger partial charge on any atom is 0.266 e. The molecule has 0 atom stereocenters. The van der Waals surface area contributed by atoms with Crippen LogP contribution in [0.5, 0.6) is 11.5 Å². The van der Waals surface area contributed by atoms with Crippen LogP contribution in [0.1, 0.15) is 12.5 Å². The molecule has 2 amide bonds. The fraction of sp³-hybridized carbons (Fsp3) is 0.115. The monoisotopic (exact) mass is 519 g/mol. The lowest BCUT2D eigenvalue weighted by atomic mass is 10.1. The highest BCUT2D eigenvalue weighted by atomic mass is 79.9. The van der Waals surface area contributed by atoms with Crippen molar-refractivity contribution in [1.82, 2.24) is 0 Å². The van der Waals surface area contributed by atoms with Crippen LogP contribution in [0.25, 0.3) is 6.08 Å². The molecule has 0 aliphatic carbocycles. The molecule has 34 heavy (non-hydrogen) atoms. The van der Waals surface area contributed by atoms with Gasteiger partial charge in [-0.1, -0.05) is 24.3 Å². The van der Waals surface area contributed by atoms with Crippen molar-refractivity contribution in [3.63, 3.8) is 0 Å². The second-order valence-electron chi connectivity index (χ2n) is 6.97. The van der Waals surface area contributed by atoms with Crippen LogP contribution in [0.4, 0.5) is 11.4 Å². The van der Waals surface area contributed by atoms with Gasteiger partial charge < -0.3 is 20.1 Å². The van der Waals surface area contributed by atoms with Crippen LogP contribution in [0.3, 0.4) is 0 Å². The highest BCUT2D eigenvalue weighted by molar-refractivity contribution is 9.10. The number of anilines is 2. The quantitative estimate of drug-likeness (QED) is 0.290. The smallest absolute Gasteiger partial charge is 0.266 e. The van der Waals surface area contributed by atoms with Gasteiger partial charge in [0.05, 0.1) is 11.1 Å². The molecule has 0 saturated carbocycles. The van der Waals surface area contributed by atoms with Crippen molar-refractivity contribution >= 4 is 45.2 Å². The summed E-state index contributed by atoms with van der Waals surface area (Å²) in [6.45, 7) is 2.27. The van der Waals surface area contributed by atoms with Crippen LogP contribution >= 0.6 is 15.9 Å². The lowest BCUT2D eigenvalue weighted by molar-refractivity contribution is -0.118. The van der Waals surface area contributed by atoms with Gasteiger partial charge in [0.15, 0.2) is 6.61 Å². The molecule has 0 unspecified atom stereocenters. The van der Waals surface area contributed by atoms with Gasteiger partial charge >= 0.3 is 0 Å². The molecule has 7 nitrogen and oxygen atoms in total. The van der Waals surface area contributed by atoms with E-state index in [4.69, 9.17) is 9.47 Å². The van der Waals surface area contributed by atoms with Crippen LogP contribution in [0.2, 0.25) is 0 Å². The standard InChI is InChI=1S/C26H22BrN3O4/c1-2-33-22-11-9-21(10-12-22)30-26(32)19(16-28)14-18-8-13-24(23(27)15-18)34-17-25(31)29-20-6-4-3-5-7-20/h3-15H,2,17H2,1H3,(H,29,31)(H,30,32)/b19-14+. The second-order valence-corrected chi connectivity index (χ2v) is 7.83. The third-order valence-corrected chi connectivity index (χ3v) is 5.09. The molecule has 0 heterocycles. The summed E-state index contributed by atoms with van der Waals surface area (Å²) in [7, 11) is 0. The van der Waals surface area contributed by atoms with Crippen molar-refractivity contribution in [2.24, 2.45) is 0 Å². The molecule has 3 aromatic carbocycles. The van der Waals surface area contributed by atoms with E-state index in [1.807, 2.05) is 31.2 Å². The van der Waals surface area contributed by atoms with E-state index in [2.05, 4.69) is 26.6 Å². The first-order valence-corrected chi connectivity index (χ1v) is 11.2. The third-order valence-electron chi connectivity index (χ3n) is 4.47. The number of hydrogen-bond donors (Lipinski definition) is 2. The number of halogens is 1. The third kappa shape index (κ3) is 7.22. The summed E-state index contributed by atoms with van der Waals surface area (Å²) in [5, 5.41) is 14.9. The summed E-state index contributed by atoms with van der Waals surface area (Å²) in [6, 6.07) is 22.9. The van der Waals surface area contributed by atoms with E-state index in [0.29, 0.717) is 39.5 Å². The second kappa shape index (κ2) is 12.2. The molecule has 0 saturated heterocycles. The largest absolute Gasteiger partial charge is 0.494 e. The Balaban J connectivity index is 1.61. The number of benzene rings is 3. The van der Waals surface area contributed by atoms with Crippen LogP contribution < -0.4 is 20.1 Å². The lowest BCUT2D eigenvalue weighted by Crippen LogP contribution is -2.20. The summed E-state index contributed by atoms with van der Waals surface area (Å²) in [5.41, 5.74) is 1.79. The molecule has 172 valence electrons. The number of amides is 2. The van der Waals surface area contributed by atoms with E-state index in [1.54, 1.807) is 54.6 Å². The first kappa shape index (κ1) is 24.6. The van der Waals surface area contributed by atoms with Crippen molar-refractivity contribution in [2.75, 3.05) is 23.8 Å². The number of nitrogens with zero attached hydrogens (tertiary/aromatic N) is 1. The SMILES string of the molecule is CCOc1ccc(NC(=O)/C(C#N)=C/c2ccc(OCC(=O)Nc3ccccc3)c(Br)c2)cc1. The molecule has 8 heteroatoms. The average molecular weight is 520 g/mol. The van der Waals surface area contributed by atoms with Gasteiger partial charge in [0, 0.05) is 11.4 Å². The number of rotatable bonds is 9. The zero-order valence-electron chi connectivity index (χ0n) is 18.4. The van der Waals surface area contributed by atoms with Crippen molar-refractivity contribution < 1.29 is 19.1 Å². The van der Waals surface area contributed by atoms with Gasteiger partial charge in [-0.15, -0.1) is 0 Å². The minimum absolute atomic E-state index is 0.0586. The van der Waals surface area contributed by atoms with E-state index in [9.17, 15) is 14.9 Å². The molecular formula is C26H22BrN3O4. The maximum absolute atomic E-state index is 12.5. The summed E-state index contributed by atoms with van der Waals surface area (Å²) in [4.78, 5) is 24.6. The maximum atomic E-state index is 12.5.